The van der Waals surface area contributed by atoms with Crippen LogP contribution in [-0.4, -0.2) is 18.4 Å². The van der Waals surface area contributed by atoms with Crippen molar-refractivity contribution < 1.29 is 9.21 Å². The van der Waals surface area contributed by atoms with Gasteiger partial charge in [0.2, 0.25) is 0 Å². The molecule has 0 aliphatic rings. The van der Waals surface area contributed by atoms with Crippen LogP contribution in [0, 0.1) is 6.92 Å². The molecule has 0 aliphatic carbocycles. The summed E-state index contributed by atoms with van der Waals surface area (Å²) in [4.78, 5) is 15.6. The normalized spacial score (nSPS) is 10.8. The number of nitrogens with zero attached hydrogens (tertiary/aromatic N) is 1. The zero-order valence-electron chi connectivity index (χ0n) is 13.8. The standard InChI is InChI=1S/C17H22N4O2.HI/c1-3-19-17(20-10-13-6-4-5-12(2)9-13)21-11-14-7-8-15(23-14)16(18)22;/h4-9H,3,10-11H2,1-2H3,(H2,18,22)(H2,19,20,21);1H. The van der Waals surface area contributed by atoms with Crippen LogP contribution in [0.4, 0.5) is 0 Å². The maximum Gasteiger partial charge on any atom is 0.284 e. The van der Waals surface area contributed by atoms with Gasteiger partial charge in [0.15, 0.2) is 11.7 Å². The van der Waals surface area contributed by atoms with Crippen molar-refractivity contribution in [1.82, 2.24) is 10.6 Å². The average Bonchev–Trinajstić information content (AvgIpc) is 2.99. The molecule has 0 spiro atoms. The third kappa shape index (κ3) is 6.23. The van der Waals surface area contributed by atoms with E-state index in [1.807, 2.05) is 19.1 Å². The summed E-state index contributed by atoms with van der Waals surface area (Å²) in [6.45, 7) is 5.82. The number of aliphatic imine (C=N–C) groups is 1. The Morgan fingerprint density at radius 3 is 2.67 bits per heavy atom. The molecule has 1 amide bonds. The Kier molecular flexibility index (Phi) is 8.31. The van der Waals surface area contributed by atoms with E-state index in [4.69, 9.17) is 10.2 Å². The highest BCUT2D eigenvalue weighted by molar-refractivity contribution is 14.0. The maximum atomic E-state index is 11.0. The Morgan fingerprint density at radius 1 is 1.25 bits per heavy atom. The number of furan rings is 1. The van der Waals surface area contributed by atoms with Gasteiger partial charge in [0.05, 0.1) is 13.1 Å². The summed E-state index contributed by atoms with van der Waals surface area (Å²) >= 11 is 0. The fourth-order valence-electron chi connectivity index (χ4n) is 2.10. The van der Waals surface area contributed by atoms with Crippen LogP contribution in [0.25, 0.3) is 0 Å². The summed E-state index contributed by atoms with van der Waals surface area (Å²) in [6, 6.07) is 11.5. The molecule has 2 rings (SSSR count). The van der Waals surface area contributed by atoms with Gasteiger partial charge in [-0.15, -0.1) is 24.0 Å². The number of nitrogens with one attached hydrogen (secondary N) is 2. The lowest BCUT2D eigenvalue weighted by atomic mass is 10.1. The van der Waals surface area contributed by atoms with Gasteiger partial charge in [-0.25, -0.2) is 4.99 Å². The molecule has 1 aromatic heterocycles. The Bertz CT molecular complexity index is 697. The first-order valence-corrected chi connectivity index (χ1v) is 7.54. The van der Waals surface area contributed by atoms with Gasteiger partial charge in [0, 0.05) is 6.54 Å². The van der Waals surface area contributed by atoms with Gasteiger partial charge in [-0.3, -0.25) is 4.79 Å². The molecule has 2 aromatic rings. The minimum absolute atomic E-state index is 0. The number of carbonyl (C=O) groups is 1. The molecule has 0 saturated heterocycles. The predicted molar refractivity (Wildman–Crippen MR) is 105 cm³/mol. The number of hydrogen-bond donors (Lipinski definition) is 3. The van der Waals surface area contributed by atoms with Crippen molar-refractivity contribution in [2.24, 2.45) is 10.7 Å². The van der Waals surface area contributed by atoms with Crippen LogP contribution in [0.5, 0.6) is 0 Å². The fourth-order valence-corrected chi connectivity index (χ4v) is 2.10. The van der Waals surface area contributed by atoms with Gasteiger partial charge >= 0.3 is 0 Å². The molecule has 1 aromatic carbocycles. The van der Waals surface area contributed by atoms with Gasteiger partial charge in [0.1, 0.15) is 5.76 Å². The predicted octanol–water partition coefficient (Wildman–Crippen LogP) is 2.56. The molecule has 1 heterocycles. The highest BCUT2D eigenvalue weighted by Gasteiger charge is 2.07. The smallest absolute Gasteiger partial charge is 0.284 e. The fraction of sp³-hybridized carbons (Fsp3) is 0.294. The van der Waals surface area contributed by atoms with Crippen molar-refractivity contribution in [1.29, 1.82) is 0 Å². The highest BCUT2D eigenvalue weighted by atomic mass is 127. The zero-order valence-corrected chi connectivity index (χ0v) is 16.2. The van der Waals surface area contributed by atoms with E-state index in [0.717, 1.165) is 12.1 Å². The van der Waals surface area contributed by atoms with Crippen LogP contribution in [0.2, 0.25) is 0 Å². The molecular weight excluding hydrogens is 419 g/mol. The summed E-state index contributed by atoms with van der Waals surface area (Å²) in [5.74, 6) is 0.894. The molecule has 0 aliphatic heterocycles. The number of aryl methyl sites for hydroxylation is 1. The number of carbonyl (C=O) groups excluding carboxylic acids is 1. The van der Waals surface area contributed by atoms with Crippen LogP contribution in [0.15, 0.2) is 45.8 Å². The lowest BCUT2D eigenvalue weighted by Crippen LogP contribution is -2.36. The van der Waals surface area contributed by atoms with Crippen LogP contribution >= 0.6 is 24.0 Å². The second-order valence-corrected chi connectivity index (χ2v) is 5.17. The Labute approximate surface area is 158 Å². The van der Waals surface area contributed by atoms with Crippen molar-refractivity contribution in [2.75, 3.05) is 6.54 Å². The summed E-state index contributed by atoms with van der Waals surface area (Å²) < 4.78 is 5.33. The number of amides is 1. The Hall–Kier alpha value is -2.03. The van der Waals surface area contributed by atoms with E-state index in [-0.39, 0.29) is 29.7 Å². The number of rotatable bonds is 6. The molecule has 0 unspecified atom stereocenters. The summed E-state index contributed by atoms with van der Waals surface area (Å²) in [5.41, 5.74) is 7.53. The summed E-state index contributed by atoms with van der Waals surface area (Å²) in [6.07, 6.45) is 0. The molecule has 130 valence electrons. The van der Waals surface area contributed by atoms with E-state index in [1.165, 1.54) is 5.56 Å². The lowest BCUT2D eigenvalue weighted by molar-refractivity contribution is 0.0972. The van der Waals surface area contributed by atoms with Gasteiger partial charge < -0.3 is 20.8 Å². The number of benzene rings is 1. The van der Waals surface area contributed by atoms with Gasteiger partial charge in [-0.05, 0) is 31.5 Å². The Morgan fingerprint density at radius 2 is 2.04 bits per heavy atom. The molecule has 0 atom stereocenters. The SMILES string of the molecule is CCNC(=NCc1cccc(C)c1)NCc1ccc(C(N)=O)o1.I. The van der Waals surface area contributed by atoms with E-state index in [0.29, 0.717) is 24.8 Å². The zero-order chi connectivity index (χ0) is 16.7. The largest absolute Gasteiger partial charge is 0.454 e. The second-order valence-electron chi connectivity index (χ2n) is 5.17. The minimum atomic E-state index is -0.573. The molecule has 24 heavy (non-hydrogen) atoms. The molecule has 4 N–H and O–H groups in total. The molecule has 7 heteroatoms. The van der Waals surface area contributed by atoms with E-state index >= 15 is 0 Å². The number of hydrogen-bond acceptors (Lipinski definition) is 3. The number of nitrogens with two attached hydrogens (primary N) is 1. The third-order valence-corrected chi connectivity index (χ3v) is 3.18. The highest BCUT2D eigenvalue weighted by Crippen LogP contribution is 2.07. The molecular formula is C17H23IN4O2. The first-order valence-electron chi connectivity index (χ1n) is 7.54. The second kappa shape index (κ2) is 9.96. The van der Waals surface area contributed by atoms with Gasteiger partial charge in [-0.1, -0.05) is 29.8 Å². The van der Waals surface area contributed by atoms with Crippen molar-refractivity contribution in [2.45, 2.75) is 26.9 Å². The topological polar surface area (TPSA) is 92.6 Å². The number of halogens is 1. The van der Waals surface area contributed by atoms with Crippen LogP contribution < -0.4 is 16.4 Å². The van der Waals surface area contributed by atoms with E-state index in [1.54, 1.807) is 12.1 Å². The van der Waals surface area contributed by atoms with Gasteiger partial charge in [0.25, 0.3) is 5.91 Å². The number of guanidine groups is 1. The Balaban J connectivity index is 0.00000288. The molecule has 0 bridgehead atoms. The third-order valence-electron chi connectivity index (χ3n) is 3.18. The van der Waals surface area contributed by atoms with Crippen molar-refractivity contribution >= 4 is 35.8 Å². The molecule has 0 fully saturated rings. The average molecular weight is 442 g/mol. The van der Waals surface area contributed by atoms with Crippen LogP contribution in [-0.2, 0) is 13.1 Å². The molecule has 0 saturated carbocycles. The number of primary amides is 1. The van der Waals surface area contributed by atoms with Crippen LogP contribution in [0.1, 0.15) is 34.4 Å². The quantitative estimate of drug-likeness (QED) is 0.364. The maximum absolute atomic E-state index is 11.0. The first kappa shape index (κ1) is 20.0. The van der Waals surface area contributed by atoms with Gasteiger partial charge in [-0.2, -0.15) is 0 Å². The van der Waals surface area contributed by atoms with Crippen molar-refractivity contribution in [3.8, 4) is 0 Å². The lowest BCUT2D eigenvalue weighted by Gasteiger charge is -2.10. The van der Waals surface area contributed by atoms with E-state index < -0.39 is 5.91 Å². The summed E-state index contributed by atoms with van der Waals surface area (Å²) in [5, 5.41) is 6.34. The van der Waals surface area contributed by atoms with Crippen LogP contribution in [0.3, 0.4) is 0 Å². The summed E-state index contributed by atoms with van der Waals surface area (Å²) in [7, 11) is 0. The monoisotopic (exact) mass is 442 g/mol. The van der Waals surface area contributed by atoms with E-state index in [2.05, 4.69) is 34.7 Å². The van der Waals surface area contributed by atoms with Crippen molar-refractivity contribution in [3.63, 3.8) is 0 Å². The molecule has 0 radical (unpaired) electrons. The minimum Gasteiger partial charge on any atom is -0.454 e. The van der Waals surface area contributed by atoms with Crippen molar-refractivity contribution in [3.05, 3.63) is 59.0 Å². The molecule has 6 nitrogen and oxygen atoms in total. The van der Waals surface area contributed by atoms with E-state index in [9.17, 15) is 4.79 Å². The first-order chi connectivity index (χ1) is 11.1.